The Hall–Kier alpha value is -0.0800. The molecule has 1 fully saturated rings. The highest BCUT2D eigenvalue weighted by Crippen LogP contribution is 2.32. The molecule has 0 atom stereocenters. The molecule has 14 heavy (non-hydrogen) atoms. The first-order chi connectivity index (χ1) is 6.49. The second kappa shape index (κ2) is 4.63. The van der Waals surface area contributed by atoms with Crippen molar-refractivity contribution in [1.82, 2.24) is 4.90 Å². The molecule has 0 aromatic carbocycles. The van der Waals surface area contributed by atoms with Crippen LogP contribution in [-0.4, -0.2) is 36.7 Å². The van der Waals surface area contributed by atoms with Crippen molar-refractivity contribution >= 4 is 0 Å². The van der Waals surface area contributed by atoms with E-state index in [1.807, 2.05) is 0 Å². The molecule has 0 aromatic rings. The van der Waals surface area contributed by atoms with Gasteiger partial charge >= 0.3 is 0 Å². The number of rotatable bonds is 3. The summed E-state index contributed by atoms with van der Waals surface area (Å²) in [6, 6.07) is 0. The zero-order valence-corrected chi connectivity index (χ0v) is 10.3. The molecule has 2 heteroatoms. The summed E-state index contributed by atoms with van der Waals surface area (Å²) in [6.45, 7) is 15.7. The van der Waals surface area contributed by atoms with E-state index in [2.05, 4.69) is 39.5 Å². The van der Waals surface area contributed by atoms with Gasteiger partial charge in [0.05, 0.1) is 13.2 Å². The quantitative estimate of drug-likeness (QED) is 0.692. The molecule has 0 amide bonds. The lowest BCUT2D eigenvalue weighted by molar-refractivity contribution is -0.0537. The normalized spacial score (nSPS) is 20.8. The summed E-state index contributed by atoms with van der Waals surface area (Å²) < 4.78 is 5.41. The van der Waals surface area contributed by atoms with Gasteiger partial charge in [-0.1, -0.05) is 27.7 Å². The first-order valence-electron chi connectivity index (χ1n) is 5.82. The Kier molecular flexibility index (Phi) is 3.96. The number of nitrogens with zero attached hydrogens (tertiary/aromatic N) is 1. The lowest BCUT2D eigenvalue weighted by Gasteiger charge is -2.49. The summed E-state index contributed by atoms with van der Waals surface area (Å²) in [7, 11) is 0. The molecule has 0 aliphatic carbocycles. The molecule has 1 saturated heterocycles. The van der Waals surface area contributed by atoms with Crippen LogP contribution in [0.5, 0.6) is 0 Å². The van der Waals surface area contributed by atoms with Gasteiger partial charge in [0.15, 0.2) is 0 Å². The maximum absolute atomic E-state index is 5.41. The topological polar surface area (TPSA) is 12.5 Å². The number of ether oxygens (including phenoxy) is 1. The second-order valence-corrected chi connectivity index (χ2v) is 5.13. The van der Waals surface area contributed by atoms with Gasteiger partial charge in [-0.15, -0.1) is 0 Å². The van der Waals surface area contributed by atoms with Crippen LogP contribution in [0.25, 0.3) is 0 Å². The van der Waals surface area contributed by atoms with Crippen molar-refractivity contribution in [1.29, 1.82) is 0 Å². The summed E-state index contributed by atoms with van der Waals surface area (Å²) in [6.07, 6.45) is 0. The van der Waals surface area contributed by atoms with Gasteiger partial charge in [-0.2, -0.15) is 0 Å². The van der Waals surface area contributed by atoms with Crippen molar-refractivity contribution in [2.24, 2.45) is 11.8 Å². The van der Waals surface area contributed by atoms with Gasteiger partial charge < -0.3 is 4.74 Å². The third kappa shape index (κ3) is 2.12. The molecule has 0 aromatic heterocycles. The highest BCUT2D eigenvalue weighted by atomic mass is 16.5. The highest BCUT2D eigenvalue weighted by Gasteiger charge is 2.38. The fourth-order valence-corrected chi connectivity index (χ4v) is 2.44. The summed E-state index contributed by atoms with van der Waals surface area (Å²) in [5, 5.41) is 0. The molecule has 1 rings (SSSR count). The third-order valence-corrected chi connectivity index (χ3v) is 4.03. The minimum atomic E-state index is 0.323. The van der Waals surface area contributed by atoms with Crippen LogP contribution in [0.1, 0.15) is 34.6 Å². The molecule has 1 aliphatic heterocycles. The average Bonchev–Trinajstić information content (AvgIpc) is 2.17. The van der Waals surface area contributed by atoms with Crippen LogP contribution < -0.4 is 0 Å². The summed E-state index contributed by atoms with van der Waals surface area (Å²) in [5.74, 6) is 1.39. The minimum absolute atomic E-state index is 0.323. The van der Waals surface area contributed by atoms with Gasteiger partial charge in [0.1, 0.15) is 0 Å². The van der Waals surface area contributed by atoms with Crippen molar-refractivity contribution < 1.29 is 4.74 Å². The molecule has 0 unspecified atom stereocenters. The van der Waals surface area contributed by atoms with E-state index in [0.29, 0.717) is 17.4 Å². The number of hydrogen-bond acceptors (Lipinski definition) is 2. The van der Waals surface area contributed by atoms with Crippen LogP contribution in [0.2, 0.25) is 0 Å². The van der Waals surface area contributed by atoms with E-state index in [9.17, 15) is 0 Å². The number of hydrogen-bond donors (Lipinski definition) is 0. The monoisotopic (exact) mass is 199 g/mol. The van der Waals surface area contributed by atoms with Crippen LogP contribution >= 0.6 is 0 Å². The molecule has 84 valence electrons. The first kappa shape index (κ1) is 12.0. The molecule has 1 aliphatic rings. The van der Waals surface area contributed by atoms with Gasteiger partial charge in [-0.25, -0.2) is 0 Å². The van der Waals surface area contributed by atoms with Crippen LogP contribution in [0.3, 0.4) is 0 Å². The molecule has 1 heterocycles. The molecule has 0 radical (unpaired) electrons. The first-order valence-corrected chi connectivity index (χ1v) is 5.82. The molecule has 2 nitrogen and oxygen atoms in total. The van der Waals surface area contributed by atoms with Crippen molar-refractivity contribution in [3.8, 4) is 0 Å². The maximum atomic E-state index is 5.41. The Bertz CT molecular complexity index is 163. The Morgan fingerprint density at radius 2 is 1.43 bits per heavy atom. The average molecular weight is 199 g/mol. The summed E-state index contributed by atoms with van der Waals surface area (Å²) in [5.41, 5.74) is 0.323. The van der Waals surface area contributed by atoms with Crippen LogP contribution in [0, 0.1) is 11.8 Å². The van der Waals surface area contributed by atoms with Crippen molar-refractivity contribution in [2.75, 3.05) is 26.3 Å². The Morgan fingerprint density at radius 1 is 1.00 bits per heavy atom. The standard InChI is InChI=1S/C12H25NO/c1-10(2)12(5,11(3)4)13-6-8-14-9-7-13/h10-11H,6-9H2,1-5H3. The zero-order valence-electron chi connectivity index (χ0n) is 10.3. The van der Waals surface area contributed by atoms with E-state index >= 15 is 0 Å². The lowest BCUT2D eigenvalue weighted by atomic mass is 9.77. The smallest absolute Gasteiger partial charge is 0.0594 e. The van der Waals surface area contributed by atoms with Gasteiger partial charge in [0.2, 0.25) is 0 Å². The Labute approximate surface area is 88.6 Å². The van der Waals surface area contributed by atoms with Crippen molar-refractivity contribution in [3.05, 3.63) is 0 Å². The zero-order chi connectivity index (χ0) is 10.8. The van der Waals surface area contributed by atoms with Gasteiger partial charge in [0, 0.05) is 18.6 Å². The van der Waals surface area contributed by atoms with Crippen LogP contribution in [0.15, 0.2) is 0 Å². The predicted octanol–water partition coefficient (Wildman–Crippen LogP) is 2.39. The van der Waals surface area contributed by atoms with E-state index in [1.54, 1.807) is 0 Å². The fraction of sp³-hybridized carbons (Fsp3) is 1.00. The summed E-state index contributed by atoms with van der Waals surface area (Å²) in [4.78, 5) is 2.60. The largest absolute Gasteiger partial charge is 0.379 e. The van der Waals surface area contributed by atoms with E-state index < -0.39 is 0 Å². The predicted molar refractivity (Wildman–Crippen MR) is 60.5 cm³/mol. The van der Waals surface area contributed by atoms with Crippen molar-refractivity contribution in [3.63, 3.8) is 0 Å². The van der Waals surface area contributed by atoms with Crippen molar-refractivity contribution in [2.45, 2.75) is 40.2 Å². The van der Waals surface area contributed by atoms with Gasteiger partial charge in [-0.3, -0.25) is 4.90 Å². The molecule has 0 spiro atoms. The number of morpholine rings is 1. The SMILES string of the molecule is CC(C)C(C)(C(C)C)N1CCOCC1. The Balaban J connectivity index is 2.75. The molecule has 0 bridgehead atoms. The van der Waals surface area contributed by atoms with E-state index in [-0.39, 0.29) is 0 Å². The van der Waals surface area contributed by atoms with E-state index in [0.717, 1.165) is 26.3 Å². The lowest BCUT2D eigenvalue weighted by Crippen LogP contribution is -2.57. The van der Waals surface area contributed by atoms with Crippen LogP contribution in [0.4, 0.5) is 0 Å². The van der Waals surface area contributed by atoms with Crippen LogP contribution in [-0.2, 0) is 4.74 Å². The third-order valence-electron chi connectivity index (χ3n) is 4.03. The minimum Gasteiger partial charge on any atom is -0.379 e. The molecular formula is C12H25NO. The fourth-order valence-electron chi connectivity index (χ4n) is 2.44. The van der Waals surface area contributed by atoms with E-state index in [4.69, 9.17) is 4.74 Å². The molecule has 0 saturated carbocycles. The Morgan fingerprint density at radius 3 is 1.79 bits per heavy atom. The van der Waals surface area contributed by atoms with E-state index in [1.165, 1.54) is 0 Å². The van der Waals surface area contributed by atoms with Gasteiger partial charge in [-0.05, 0) is 18.8 Å². The second-order valence-electron chi connectivity index (χ2n) is 5.13. The summed E-state index contributed by atoms with van der Waals surface area (Å²) >= 11 is 0. The maximum Gasteiger partial charge on any atom is 0.0594 e. The molecule has 0 N–H and O–H groups in total. The molecular weight excluding hydrogens is 174 g/mol. The highest BCUT2D eigenvalue weighted by molar-refractivity contribution is 4.92. The van der Waals surface area contributed by atoms with Gasteiger partial charge in [0.25, 0.3) is 0 Å².